The minimum Gasteiger partial charge on any atom is -0.337 e. The molecule has 0 saturated heterocycles. The smallest absolute Gasteiger partial charge is 0.256 e. The Labute approximate surface area is 217 Å². The number of nitrogens with one attached hydrogen (secondary N) is 1. The van der Waals surface area contributed by atoms with Gasteiger partial charge in [0.2, 0.25) is 5.88 Å². The molecular weight excluding hydrogens is 468 g/mol. The van der Waals surface area contributed by atoms with Gasteiger partial charge in [-0.2, -0.15) is 0 Å². The van der Waals surface area contributed by atoms with Crippen molar-refractivity contribution in [1.29, 1.82) is 0 Å². The molecule has 1 aromatic heterocycles. The Hall–Kier alpha value is -3.06. The minimum absolute atomic E-state index is 0.209. The van der Waals surface area contributed by atoms with Gasteiger partial charge in [0.1, 0.15) is 11.4 Å². The minimum atomic E-state index is -0.480. The third-order valence-corrected chi connectivity index (χ3v) is 8.25. The molecule has 1 spiro atoms. The quantitative estimate of drug-likeness (QED) is 0.310. The van der Waals surface area contributed by atoms with Crippen LogP contribution in [0, 0.1) is 13.8 Å². The molecule has 3 aromatic rings. The summed E-state index contributed by atoms with van der Waals surface area (Å²) in [6, 6.07) is 16.9. The third-order valence-electron chi connectivity index (χ3n) is 7.39. The molecule has 1 saturated carbocycles. The number of amidine groups is 1. The number of nitrogens with zero attached hydrogens (tertiary/aromatic N) is 3. The SMILES string of the molecule is CCCCC1=NC2(CCCC2)C(=O)N1Cc1ccc(-c2ccccc2SNc2onc(C)c2C)cc1. The van der Waals surface area contributed by atoms with Gasteiger partial charge < -0.3 is 4.52 Å². The predicted molar refractivity (Wildman–Crippen MR) is 146 cm³/mol. The van der Waals surface area contributed by atoms with Gasteiger partial charge in [-0.25, -0.2) is 0 Å². The molecule has 0 bridgehead atoms. The first-order chi connectivity index (χ1) is 17.5. The molecule has 2 aromatic carbocycles. The van der Waals surface area contributed by atoms with E-state index in [0.29, 0.717) is 12.4 Å². The fourth-order valence-corrected chi connectivity index (χ4v) is 5.91. The Kier molecular flexibility index (Phi) is 7.19. The first-order valence-corrected chi connectivity index (χ1v) is 13.8. The van der Waals surface area contributed by atoms with Crippen molar-refractivity contribution in [3.8, 4) is 11.1 Å². The standard InChI is InChI=1S/C29H34N4O2S/c1-4-5-12-26-30-29(17-8-9-18-29)28(34)33(26)19-22-13-15-23(16-14-22)24-10-6-7-11-25(24)36-32-27-20(2)21(3)31-35-27/h6-7,10-11,13-16,32H,4-5,8-9,12,17-19H2,1-3H3. The molecule has 1 aliphatic carbocycles. The highest BCUT2D eigenvalue weighted by Gasteiger charge is 2.49. The van der Waals surface area contributed by atoms with Crippen molar-refractivity contribution in [2.24, 2.45) is 4.99 Å². The van der Waals surface area contributed by atoms with Crippen LogP contribution in [0.25, 0.3) is 11.1 Å². The highest BCUT2D eigenvalue weighted by atomic mass is 32.2. The number of carbonyl (C=O) groups is 1. The Morgan fingerprint density at radius 3 is 2.53 bits per heavy atom. The molecule has 5 rings (SSSR count). The number of aryl methyl sites for hydroxylation is 1. The summed E-state index contributed by atoms with van der Waals surface area (Å²) in [5, 5.41) is 4.02. The van der Waals surface area contributed by atoms with Crippen LogP contribution in [0.1, 0.15) is 68.7 Å². The van der Waals surface area contributed by atoms with Gasteiger partial charge in [-0.1, -0.05) is 73.8 Å². The molecule has 36 heavy (non-hydrogen) atoms. The van der Waals surface area contributed by atoms with Gasteiger partial charge in [-0.3, -0.25) is 19.4 Å². The number of amides is 1. The van der Waals surface area contributed by atoms with Crippen LogP contribution >= 0.6 is 11.9 Å². The number of rotatable bonds is 9. The number of benzene rings is 2. The second-order valence-electron chi connectivity index (χ2n) is 9.88. The van der Waals surface area contributed by atoms with Crippen LogP contribution in [0.15, 0.2) is 62.9 Å². The maximum atomic E-state index is 13.4. The Morgan fingerprint density at radius 1 is 1.08 bits per heavy atom. The summed E-state index contributed by atoms with van der Waals surface area (Å²) in [4.78, 5) is 21.5. The van der Waals surface area contributed by atoms with Crippen molar-refractivity contribution in [2.45, 2.75) is 82.7 Å². The molecule has 7 heteroatoms. The fourth-order valence-electron chi connectivity index (χ4n) is 5.08. The second kappa shape index (κ2) is 10.5. The summed E-state index contributed by atoms with van der Waals surface area (Å²) in [5.74, 6) is 1.87. The lowest BCUT2D eigenvalue weighted by molar-refractivity contribution is -0.131. The van der Waals surface area contributed by atoms with E-state index in [9.17, 15) is 4.79 Å². The lowest BCUT2D eigenvalue weighted by Crippen LogP contribution is -2.40. The van der Waals surface area contributed by atoms with Crippen LogP contribution in [0.4, 0.5) is 5.88 Å². The zero-order valence-corrected chi connectivity index (χ0v) is 22.2. The van der Waals surface area contributed by atoms with Gasteiger partial charge in [-0.15, -0.1) is 0 Å². The van der Waals surface area contributed by atoms with Crippen LogP contribution in [0.2, 0.25) is 0 Å². The van der Waals surface area contributed by atoms with Crippen LogP contribution in [0.3, 0.4) is 0 Å². The molecule has 0 radical (unpaired) electrons. The van der Waals surface area contributed by atoms with Gasteiger partial charge in [0.05, 0.1) is 12.2 Å². The van der Waals surface area contributed by atoms with Crippen molar-refractivity contribution in [1.82, 2.24) is 10.1 Å². The van der Waals surface area contributed by atoms with Crippen LogP contribution < -0.4 is 4.72 Å². The summed E-state index contributed by atoms with van der Waals surface area (Å²) >= 11 is 1.52. The summed E-state index contributed by atoms with van der Waals surface area (Å²) in [6.07, 6.45) is 7.03. The average Bonchev–Trinajstić information content (AvgIpc) is 3.58. The number of aromatic nitrogens is 1. The average molecular weight is 503 g/mol. The molecule has 0 unspecified atom stereocenters. The third kappa shape index (κ3) is 4.81. The van der Waals surface area contributed by atoms with E-state index in [1.165, 1.54) is 11.9 Å². The zero-order valence-electron chi connectivity index (χ0n) is 21.3. The van der Waals surface area contributed by atoms with Crippen molar-refractivity contribution in [2.75, 3.05) is 4.72 Å². The first-order valence-electron chi connectivity index (χ1n) is 13.0. The Balaban J connectivity index is 1.32. The second-order valence-corrected chi connectivity index (χ2v) is 10.7. The van der Waals surface area contributed by atoms with E-state index in [0.717, 1.165) is 83.6 Å². The van der Waals surface area contributed by atoms with Crippen LogP contribution in [0.5, 0.6) is 0 Å². The molecule has 2 aliphatic rings. The molecule has 188 valence electrons. The van der Waals surface area contributed by atoms with E-state index < -0.39 is 5.54 Å². The molecule has 6 nitrogen and oxygen atoms in total. The van der Waals surface area contributed by atoms with Crippen molar-refractivity contribution >= 4 is 29.6 Å². The van der Waals surface area contributed by atoms with E-state index in [-0.39, 0.29) is 5.91 Å². The number of hydrogen-bond donors (Lipinski definition) is 1. The van der Waals surface area contributed by atoms with Crippen LogP contribution in [-0.4, -0.2) is 27.3 Å². The molecule has 1 aliphatic heterocycles. The van der Waals surface area contributed by atoms with E-state index in [4.69, 9.17) is 9.52 Å². The monoisotopic (exact) mass is 502 g/mol. The summed E-state index contributed by atoms with van der Waals surface area (Å²) < 4.78 is 8.69. The van der Waals surface area contributed by atoms with E-state index in [2.05, 4.69) is 59.3 Å². The van der Waals surface area contributed by atoms with Gasteiger partial charge >= 0.3 is 0 Å². The maximum Gasteiger partial charge on any atom is 0.256 e. The largest absolute Gasteiger partial charge is 0.337 e. The fraction of sp³-hybridized carbons (Fsp3) is 0.414. The summed E-state index contributed by atoms with van der Waals surface area (Å²) in [5.41, 5.74) is 4.83. The lowest BCUT2D eigenvalue weighted by Gasteiger charge is -2.23. The van der Waals surface area contributed by atoms with Crippen molar-refractivity contribution in [3.05, 3.63) is 65.4 Å². The number of hydrogen-bond acceptors (Lipinski definition) is 6. The summed E-state index contributed by atoms with van der Waals surface area (Å²) in [7, 11) is 0. The lowest BCUT2D eigenvalue weighted by atomic mass is 9.98. The van der Waals surface area contributed by atoms with E-state index >= 15 is 0 Å². The van der Waals surface area contributed by atoms with Gasteiger partial charge in [0, 0.05) is 16.9 Å². The van der Waals surface area contributed by atoms with E-state index in [1.807, 2.05) is 24.8 Å². The van der Waals surface area contributed by atoms with Crippen molar-refractivity contribution < 1.29 is 9.32 Å². The molecular formula is C29H34N4O2S. The van der Waals surface area contributed by atoms with Crippen LogP contribution in [-0.2, 0) is 11.3 Å². The highest BCUT2D eigenvalue weighted by Crippen LogP contribution is 2.40. The van der Waals surface area contributed by atoms with Gasteiger partial charge in [0.25, 0.3) is 5.91 Å². The first kappa shape index (κ1) is 24.6. The normalized spacial score (nSPS) is 16.7. The number of anilines is 1. The number of carbonyl (C=O) groups excluding carboxylic acids is 1. The summed E-state index contributed by atoms with van der Waals surface area (Å²) in [6.45, 7) is 6.71. The van der Waals surface area contributed by atoms with E-state index in [1.54, 1.807) is 0 Å². The maximum absolute atomic E-state index is 13.4. The highest BCUT2D eigenvalue weighted by molar-refractivity contribution is 8.00. The number of unbranched alkanes of at least 4 members (excludes halogenated alkanes) is 1. The molecule has 1 amide bonds. The molecule has 1 N–H and O–H groups in total. The van der Waals surface area contributed by atoms with Gasteiger partial charge in [0.15, 0.2) is 0 Å². The van der Waals surface area contributed by atoms with Crippen molar-refractivity contribution in [3.63, 3.8) is 0 Å². The molecule has 0 atom stereocenters. The zero-order chi connectivity index (χ0) is 25.1. The predicted octanol–water partition coefficient (Wildman–Crippen LogP) is 7.32. The Bertz CT molecular complexity index is 1260. The topological polar surface area (TPSA) is 70.7 Å². The number of aliphatic imine (C=N–C) groups is 1. The Morgan fingerprint density at radius 2 is 1.83 bits per heavy atom. The molecule has 1 fully saturated rings. The molecule has 2 heterocycles. The van der Waals surface area contributed by atoms with Gasteiger partial charge in [-0.05, 0) is 67.8 Å².